The van der Waals surface area contributed by atoms with Gasteiger partial charge >= 0.3 is 11.7 Å². The molecule has 4 rings (SSSR count). The fourth-order valence-corrected chi connectivity index (χ4v) is 4.49. The number of anilines is 1. The van der Waals surface area contributed by atoms with Gasteiger partial charge in [0.25, 0.3) is 0 Å². The van der Waals surface area contributed by atoms with Gasteiger partial charge in [0.1, 0.15) is 0 Å². The summed E-state index contributed by atoms with van der Waals surface area (Å²) in [5, 5.41) is 0. The van der Waals surface area contributed by atoms with Gasteiger partial charge in [-0.1, -0.05) is 13.8 Å². The average Bonchev–Trinajstić information content (AvgIpc) is 3.11. The summed E-state index contributed by atoms with van der Waals surface area (Å²) in [6, 6.07) is 6.47. The normalized spacial score (nSPS) is 19.9. The Morgan fingerprint density at radius 2 is 1.90 bits per heavy atom. The van der Waals surface area contributed by atoms with Crippen LogP contribution in [0.5, 0.6) is 0 Å². The van der Waals surface area contributed by atoms with E-state index in [9.17, 15) is 9.59 Å². The van der Waals surface area contributed by atoms with E-state index in [4.69, 9.17) is 9.15 Å². The molecule has 3 heterocycles. The van der Waals surface area contributed by atoms with Gasteiger partial charge in [0.15, 0.2) is 5.58 Å². The first kappa shape index (κ1) is 20.0. The van der Waals surface area contributed by atoms with E-state index in [0.29, 0.717) is 24.1 Å². The molecular formula is C22H31N3O4. The minimum Gasteiger partial charge on any atom is -0.465 e. The van der Waals surface area contributed by atoms with E-state index < -0.39 is 5.76 Å². The number of hydrogen-bond acceptors (Lipinski definition) is 6. The molecule has 0 atom stereocenters. The lowest BCUT2D eigenvalue weighted by Crippen LogP contribution is -2.48. The smallest absolute Gasteiger partial charge is 0.417 e. The van der Waals surface area contributed by atoms with Crippen molar-refractivity contribution < 1.29 is 13.9 Å². The van der Waals surface area contributed by atoms with Gasteiger partial charge in [-0.05, 0) is 56.8 Å². The fourth-order valence-electron chi connectivity index (χ4n) is 4.49. The number of likely N-dealkylation sites (tertiary alicyclic amines) is 1. The fraction of sp³-hybridized carbons (Fsp3) is 0.636. The number of piperidine rings is 2. The first-order valence-electron chi connectivity index (χ1n) is 10.8. The van der Waals surface area contributed by atoms with Crippen LogP contribution in [0.1, 0.15) is 39.5 Å². The molecule has 2 aliphatic rings. The van der Waals surface area contributed by atoms with Crippen LogP contribution < -0.4 is 10.7 Å². The quantitative estimate of drug-likeness (QED) is 0.776. The summed E-state index contributed by atoms with van der Waals surface area (Å²) in [7, 11) is 0. The monoisotopic (exact) mass is 401 g/mol. The van der Waals surface area contributed by atoms with Gasteiger partial charge in [-0.15, -0.1) is 0 Å². The Morgan fingerprint density at radius 1 is 1.17 bits per heavy atom. The Hall–Kier alpha value is -2.28. The van der Waals surface area contributed by atoms with Crippen molar-refractivity contribution in [1.82, 2.24) is 9.88 Å². The molecule has 7 heteroatoms. The van der Waals surface area contributed by atoms with Crippen LogP contribution in [-0.2, 0) is 9.53 Å². The van der Waals surface area contributed by atoms with Crippen molar-refractivity contribution in [2.24, 2.45) is 11.8 Å². The van der Waals surface area contributed by atoms with Crippen molar-refractivity contribution in [3.05, 3.63) is 28.7 Å². The second-order valence-corrected chi connectivity index (χ2v) is 8.75. The molecule has 0 amide bonds. The highest BCUT2D eigenvalue weighted by Crippen LogP contribution is 2.28. The van der Waals surface area contributed by atoms with Crippen molar-refractivity contribution in [2.45, 2.75) is 45.6 Å². The van der Waals surface area contributed by atoms with E-state index in [0.717, 1.165) is 63.1 Å². The molecule has 29 heavy (non-hydrogen) atoms. The maximum Gasteiger partial charge on any atom is 0.417 e. The Kier molecular flexibility index (Phi) is 5.94. The molecule has 1 aromatic carbocycles. The summed E-state index contributed by atoms with van der Waals surface area (Å²) in [4.78, 5) is 31.2. The number of fused-ring (bicyclic) bond motifs is 1. The summed E-state index contributed by atoms with van der Waals surface area (Å²) in [5.74, 6) is 0.0262. The summed E-state index contributed by atoms with van der Waals surface area (Å²) in [5.41, 5.74) is 2.45. The maximum atomic E-state index is 12.2. The van der Waals surface area contributed by atoms with Crippen molar-refractivity contribution in [3.63, 3.8) is 0 Å². The van der Waals surface area contributed by atoms with E-state index in [-0.39, 0.29) is 11.9 Å². The summed E-state index contributed by atoms with van der Waals surface area (Å²) >= 11 is 0. The number of hydrogen-bond donors (Lipinski definition) is 1. The Bertz CT molecular complexity index is 887. The molecule has 0 saturated carbocycles. The van der Waals surface area contributed by atoms with Crippen LogP contribution >= 0.6 is 0 Å². The third-order valence-electron chi connectivity index (χ3n) is 6.17. The van der Waals surface area contributed by atoms with Crippen LogP contribution in [0.15, 0.2) is 27.4 Å². The first-order chi connectivity index (χ1) is 14.0. The zero-order valence-corrected chi connectivity index (χ0v) is 17.4. The van der Waals surface area contributed by atoms with Gasteiger partial charge in [0.05, 0.1) is 18.0 Å². The van der Waals surface area contributed by atoms with Crippen LogP contribution in [0, 0.1) is 11.8 Å². The number of nitrogens with one attached hydrogen (secondary N) is 1. The lowest BCUT2D eigenvalue weighted by molar-refractivity contribution is -0.151. The van der Waals surface area contributed by atoms with E-state index in [2.05, 4.69) is 28.6 Å². The number of carbonyl (C=O) groups excluding carboxylic acids is 1. The van der Waals surface area contributed by atoms with Crippen LogP contribution in [0.3, 0.4) is 0 Å². The largest absolute Gasteiger partial charge is 0.465 e. The number of ether oxygens (including phenoxy) is 1. The molecule has 0 unspecified atom stereocenters. The standard InChI is InChI=1S/C22H31N3O4/c1-15(2)14-28-21(26)16-5-9-24(10-6-16)17-7-11-25(12-8-17)18-3-4-19-20(13-18)29-22(27)23-19/h3-4,13,15-17H,5-12,14H2,1-2H3,(H,23,27). The molecular weight excluding hydrogens is 370 g/mol. The van der Waals surface area contributed by atoms with Gasteiger partial charge in [0.2, 0.25) is 0 Å². The highest BCUT2D eigenvalue weighted by Gasteiger charge is 2.31. The third-order valence-corrected chi connectivity index (χ3v) is 6.17. The van der Waals surface area contributed by atoms with Gasteiger partial charge in [-0.2, -0.15) is 0 Å². The number of aromatic amines is 1. The van der Waals surface area contributed by atoms with Crippen molar-refractivity contribution in [3.8, 4) is 0 Å². The Morgan fingerprint density at radius 3 is 2.59 bits per heavy atom. The second kappa shape index (κ2) is 8.61. The maximum absolute atomic E-state index is 12.2. The van der Waals surface area contributed by atoms with Crippen molar-refractivity contribution >= 4 is 22.8 Å². The molecule has 1 N–H and O–H groups in total. The third kappa shape index (κ3) is 4.66. The summed E-state index contributed by atoms with van der Waals surface area (Å²) in [6.07, 6.45) is 4.02. The zero-order chi connectivity index (χ0) is 20.4. The van der Waals surface area contributed by atoms with Gasteiger partial charge in [-0.3, -0.25) is 9.78 Å². The predicted octanol–water partition coefficient (Wildman–Crippen LogP) is 3.00. The van der Waals surface area contributed by atoms with E-state index in [1.807, 2.05) is 18.2 Å². The lowest BCUT2D eigenvalue weighted by atomic mass is 9.93. The Labute approximate surface area is 171 Å². The molecule has 2 saturated heterocycles. The second-order valence-electron chi connectivity index (χ2n) is 8.75. The molecule has 0 aliphatic carbocycles. The molecule has 0 spiro atoms. The minimum absolute atomic E-state index is 0.0139. The number of benzene rings is 1. The number of oxazole rings is 1. The lowest BCUT2D eigenvalue weighted by Gasteiger charge is -2.42. The summed E-state index contributed by atoms with van der Waals surface area (Å²) < 4.78 is 10.6. The first-order valence-corrected chi connectivity index (χ1v) is 10.8. The number of H-pyrrole nitrogens is 1. The number of carbonyl (C=O) groups is 1. The van der Waals surface area contributed by atoms with Crippen molar-refractivity contribution in [1.29, 1.82) is 0 Å². The van der Waals surface area contributed by atoms with Crippen LogP contribution in [0.2, 0.25) is 0 Å². The highest BCUT2D eigenvalue weighted by atomic mass is 16.5. The predicted molar refractivity (Wildman–Crippen MR) is 112 cm³/mol. The molecule has 2 fully saturated rings. The molecule has 1 aromatic heterocycles. The number of aromatic nitrogens is 1. The molecule has 7 nitrogen and oxygen atoms in total. The van der Waals surface area contributed by atoms with E-state index >= 15 is 0 Å². The average molecular weight is 402 g/mol. The van der Waals surface area contributed by atoms with Crippen LogP contribution in [0.25, 0.3) is 11.1 Å². The van der Waals surface area contributed by atoms with Crippen LogP contribution in [-0.4, -0.2) is 54.7 Å². The molecule has 158 valence electrons. The molecule has 0 bridgehead atoms. The Balaban J connectivity index is 1.26. The highest BCUT2D eigenvalue weighted by molar-refractivity contribution is 5.77. The summed E-state index contributed by atoms with van der Waals surface area (Å²) in [6.45, 7) is 8.58. The van der Waals surface area contributed by atoms with E-state index in [1.165, 1.54) is 0 Å². The number of nitrogens with zero attached hydrogens (tertiary/aromatic N) is 2. The SMILES string of the molecule is CC(C)COC(=O)C1CCN(C2CCN(c3ccc4[nH]c(=O)oc4c3)CC2)CC1. The minimum atomic E-state index is -0.410. The number of rotatable bonds is 5. The molecule has 2 aliphatic heterocycles. The zero-order valence-electron chi connectivity index (χ0n) is 17.4. The topological polar surface area (TPSA) is 78.8 Å². The van der Waals surface area contributed by atoms with Gasteiger partial charge in [-0.25, -0.2) is 4.79 Å². The number of esters is 1. The van der Waals surface area contributed by atoms with Crippen molar-refractivity contribution in [2.75, 3.05) is 37.7 Å². The molecule has 2 aromatic rings. The van der Waals surface area contributed by atoms with E-state index in [1.54, 1.807) is 0 Å². The van der Waals surface area contributed by atoms with Gasteiger partial charge in [0, 0.05) is 30.9 Å². The molecule has 0 radical (unpaired) electrons. The van der Waals surface area contributed by atoms with Crippen LogP contribution in [0.4, 0.5) is 5.69 Å². The van der Waals surface area contributed by atoms with Gasteiger partial charge < -0.3 is 19.0 Å².